The summed E-state index contributed by atoms with van der Waals surface area (Å²) in [6.45, 7) is 3.82. The molecule has 5 nitrogen and oxygen atoms in total. The van der Waals surface area contributed by atoms with E-state index >= 15 is 0 Å². The molecule has 4 rings (SSSR count). The minimum atomic E-state index is -0.628. The largest absolute Gasteiger partial charge is 0.463 e. The van der Waals surface area contributed by atoms with Crippen molar-refractivity contribution in [2.24, 2.45) is 0 Å². The van der Waals surface area contributed by atoms with Gasteiger partial charge in [0.25, 0.3) is 0 Å². The molecule has 0 saturated carbocycles. The maximum absolute atomic E-state index is 12.5. The maximum atomic E-state index is 12.5. The Labute approximate surface area is 223 Å². The predicted octanol–water partition coefficient (Wildman–Crippen LogP) is 6.49. The zero-order valence-electron chi connectivity index (χ0n) is 21.6. The fourth-order valence-corrected chi connectivity index (χ4v) is 4.68. The Bertz CT molecular complexity index is 1270. The van der Waals surface area contributed by atoms with Gasteiger partial charge in [-0.2, -0.15) is 0 Å². The Balaban J connectivity index is 1.82. The van der Waals surface area contributed by atoms with Gasteiger partial charge in [-0.3, -0.25) is 0 Å². The van der Waals surface area contributed by atoms with Crippen LogP contribution in [-0.4, -0.2) is 25.2 Å². The van der Waals surface area contributed by atoms with E-state index in [1.54, 1.807) is 13.8 Å². The van der Waals surface area contributed by atoms with Crippen LogP contribution >= 0.6 is 0 Å². The molecule has 0 spiro atoms. The van der Waals surface area contributed by atoms with E-state index in [0.717, 1.165) is 28.3 Å². The van der Waals surface area contributed by atoms with E-state index in [1.165, 1.54) is 0 Å². The fourth-order valence-electron chi connectivity index (χ4n) is 4.68. The Morgan fingerprint density at radius 1 is 0.632 bits per heavy atom. The summed E-state index contributed by atoms with van der Waals surface area (Å²) in [6.07, 6.45) is 1.12. The van der Waals surface area contributed by atoms with Crippen LogP contribution in [0.4, 0.5) is 5.69 Å². The zero-order chi connectivity index (χ0) is 26.8. The SMILES string of the molecule is CCOC(=O)C=C(Nc1ccc(C(c2ccccc2)(c2ccccc2)c2ccccc2)cc1)C(=O)OCC. The predicted molar refractivity (Wildman–Crippen MR) is 150 cm³/mol. The van der Waals surface area contributed by atoms with Gasteiger partial charge in [-0.15, -0.1) is 0 Å². The topological polar surface area (TPSA) is 64.6 Å². The molecule has 4 aromatic carbocycles. The number of hydrogen-bond donors (Lipinski definition) is 1. The first-order valence-electron chi connectivity index (χ1n) is 12.7. The van der Waals surface area contributed by atoms with Gasteiger partial charge in [0, 0.05) is 5.69 Å². The Kier molecular flexibility index (Phi) is 8.73. The van der Waals surface area contributed by atoms with E-state index in [1.807, 2.05) is 42.5 Å². The van der Waals surface area contributed by atoms with Crippen molar-refractivity contribution >= 4 is 17.6 Å². The first-order chi connectivity index (χ1) is 18.6. The highest BCUT2D eigenvalue weighted by atomic mass is 16.5. The van der Waals surface area contributed by atoms with E-state index in [0.29, 0.717) is 5.69 Å². The molecule has 0 amide bonds. The van der Waals surface area contributed by atoms with Crippen molar-refractivity contribution in [2.45, 2.75) is 19.3 Å². The summed E-state index contributed by atoms with van der Waals surface area (Å²) >= 11 is 0. The van der Waals surface area contributed by atoms with E-state index in [4.69, 9.17) is 9.47 Å². The average Bonchev–Trinajstić information content (AvgIpc) is 2.96. The normalized spacial score (nSPS) is 11.5. The zero-order valence-corrected chi connectivity index (χ0v) is 21.6. The summed E-state index contributed by atoms with van der Waals surface area (Å²) in [4.78, 5) is 24.6. The molecule has 4 aromatic rings. The molecule has 0 aromatic heterocycles. The number of carbonyl (C=O) groups is 2. The van der Waals surface area contributed by atoms with Crippen molar-refractivity contribution < 1.29 is 19.1 Å². The molecule has 1 N–H and O–H groups in total. The molecule has 0 saturated heterocycles. The van der Waals surface area contributed by atoms with Crippen LogP contribution in [0.2, 0.25) is 0 Å². The van der Waals surface area contributed by atoms with Crippen molar-refractivity contribution in [1.82, 2.24) is 0 Å². The Morgan fingerprint density at radius 2 is 1.05 bits per heavy atom. The number of nitrogens with one attached hydrogen (secondary N) is 1. The second-order valence-electron chi connectivity index (χ2n) is 8.58. The number of rotatable bonds is 10. The third kappa shape index (κ3) is 5.68. The van der Waals surface area contributed by atoms with Crippen molar-refractivity contribution in [1.29, 1.82) is 0 Å². The van der Waals surface area contributed by atoms with Gasteiger partial charge >= 0.3 is 11.9 Å². The van der Waals surface area contributed by atoms with Crippen LogP contribution in [0.3, 0.4) is 0 Å². The molecule has 5 heteroatoms. The monoisotopic (exact) mass is 505 g/mol. The van der Waals surface area contributed by atoms with Crippen molar-refractivity contribution in [3.8, 4) is 0 Å². The standard InChI is InChI=1S/C33H31NO4/c1-3-37-31(35)24-30(32(36)38-4-2)34-29-22-20-28(21-23-29)33(25-14-8-5-9-15-25,26-16-10-6-11-17-26)27-18-12-7-13-19-27/h5-24,34H,3-4H2,1-2H3. The maximum Gasteiger partial charge on any atom is 0.355 e. The molecule has 0 bridgehead atoms. The van der Waals surface area contributed by atoms with Gasteiger partial charge in [-0.05, 0) is 48.2 Å². The number of esters is 2. The highest BCUT2D eigenvalue weighted by Crippen LogP contribution is 2.45. The molecule has 0 unspecified atom stereocenters. The third-order valence-corrected chi connectivity index (χ3v) is 6.26. The van der Waals surface area contributed by atoms with Crippen molar-refractivity contribution in [2.75, 3.05) is 18.5 Å². The first kappa shape index (κ1) is 26.4. The lowest BCUT2D eigenvalue weighted by molar-refractivity contribution is -0.140. The summed E-state index contributed by atoms with van der Waals surface area (Å²) in [6, 6.07) is 39.1. The minimum absolute atomic E-state index is 0.0125. The Morgan fingerprint density at radius 3 is 1.47 bits per heavy atom. The Hall–Kier alpha value is -4.64. The quantitative estimate of drug-likeness (QED) is 0.152. The van der Waals surface area contributed by atoms with Gasteiger partial charge < -0.3 is 14.8 Å². The van der Waals surface area contributed by atoms with Gasteiger partial charge in [-0.1, -0.05) is 103 Å². The average molecular weight is 506 g/mol. The fraction of sp³-hybridized carbons (Fsp3) is 0.152. The van der Waals surface area contributed by atoms with Crippen molar-refractivity contribution in [3.63, 3.8) is 0 Å². The highest BCUT2D eigenvalue weighted by molar-refractivity contribution is 5.98. The lowest BCUT2D eigenvalue weighted by Crippen LogP contribution is -2.31. The lowest BCUT2D eigenvalue weighted by Gasteiger charge is -2.37. The van der Waals surface area contributed by atoms with E-state index in [2.05, 4.69) is 78.1 Å². The highest BCUT2D eigenvalue weighted by Gasteiger charge is 2.38. The van der Waals surface area contributed by atoms with Gasteiger partial charge in [0.15, 0.2) is 0 Å². The van der Waals surface area contributed by atoms with E-state index in [-0.39, 0.29) is 18.9 Å². The van der Waals surface area contributed by atoms with Gasteiger partial charge in [0.1, 0.15) is 5.70 Å². The molecule has 0 radical (unpaired) electrons. The summed E-state index contributed by atoms with van der Waals surface area (Å²) in [5, 5.41) is 3.04. The molecular weight excluding hydrogens is 474 g/mol. The first-order valence-corrected chi connectivity index (χ1v) is 12.7. The summed E-state index contributed by atoms with van der Waals surface area (Å²) in [5.41, 5.74) is 4.53. The summed E-state index contributed by atoms with van der Waals surface area (Å²) in [7, 11) is 0. The van der Waals surface area contributed by atoms with Crippen molar-refractivity contribution in [3.05, 3.63) is 149 Å². The van der Waals surface area contributed by atoms with Crippen LogP contribution in [0.1, 0.15) is 36.1 Å². The van der Waals surface area contributed by atoms with E-state index < -0.39 is 17.4 Å². The minimum Gasteiger partial charge on any atom is -0.463 e. The number of carbonyl (C=O) groups excluding carboxylic acids is 2. The second-order valence-corrected chi connectivity index (χ2v) is 8.58. The number of hydrogen-bond acceptors (Lipinski definition) is 5. The van der Waals surface area contributed by atoms with Gasteiger partial charge in [0.05, 0.1) is 24.7 Å². The molecule has 0 aliphatic carbocycles. The number of anilines is 1. The number of benzene rings is 4. The van der Waals surface area contributed by atoms with Crippen LogP contribution in [0.15, 0.2) is 127 Å². The molecule has 0 heterocycles. The molecule has 0 atom stereocenters. The summed E-state index contributed by atoms with van der Waals surface area (Å²) < 4.78 is 10.1. The number of ether oxygens (including phenoxy) is 2. The van der Waals surface area contributed by atoms with Crippen LogP contribution in [0.5, 0.6) is 0 Å². The molecule has 0 fully saturated rings. The third-order valence-electron chi connectivity index (χ3n) is 6.26. The molecule has 192 valence electrons. The second kappa shape index (κ2) is 12.5. The van der Waals surface area contributed by atoms with Gasteiger partial charge in [0.2, 0.25) is 0 Å². The summed E-state index contributed by atoms with van der Waals surface area (Å²) in [5.74, 6) is -1.24. The molecule has 0 aliphatic rings. The molecule has 38 heavy (non-hydrogen) atoms. The van der Waals surface area contributed by atoms with Crippen LogP contribution in [0, 0.1) is 0 Å². The van der Waals surface area contributed by atoms with Crippen LogP contribution in [-0.2, 0) is 24.5 Å². The lowest BCUT2D eigenvalue weighted by atomic mass is 9.65. The van der Waals surface area contributed by atoms with Gasteiger partial charge in [-0.25, -0.2) is 9.59 Å². The molecular formula is C33H31NO4. The smallest absolute Gasteiger partial charge is 0.355 e. The molecule has 0 aliphatic heterocycles. The van der Waals surface area contributed by atoms with Crippen LogP contribution < -0.4 is 5.32 Å². The van der Waals surface area contributed by atoms with E-state index in [9.17, 15) is 9.59 Å². The van der Waals surface area contributed by atoms with Crippen LogP contribution in [0.25, 0.3) is 0 Å².